The number of halogens is 3. The summed E-state index contributed by atoms with van der Waals surface area (Å²) in [7, 11) is -2.22. The molecule has 1 N–H and O–H groups in total. The molecule has 0 fully saturated rings. The van der Waals surface area contributed by atoms with Crippen molar-refractivity contribution in [2.75, 3.05) is 22.9 Å². The van der Waals surface area contributed by atoms with Crippen LogP contribution in [0.3, 0.4) is 0 Å². The number of para-hydroxylation sites is 2. The van der Waals surface area contributed by atoms with Crippen molar-refractivity contribution in [2.24, 2.45) is 0 Å². The molecule has 1 aromatic heterocycles. The maximum atomic E-state index is 13.0. The maximum Gasteiger partial charge on any atom is 0.419 e. The summed E-state index contributed by atoms with van der Waals surface area (Å²) in [5.41, 5.74) is -0.671. The van der Waals surface area contributed by atoms with Crippen molar-refractivity contribution in [1.82, 2.24) is 4.98 Å². The van der Waals surface area contributed by atoms with Crippen molar-refractivity contribution in [3.05, 3.63) is 48.3 Å². The Morgan fingerprint density at radius 1 is 1.13 bits per heavy atom. The topological polar surface area (TPSA) is 62.3 Å². The average molecular weight is 345 g/mol. The molecule has 5 nitrogen and oxygen atoms in total. The van der Waals surface area contributed by atoms with Crippen molar-refractivity contribution in [3.8, 4) is 0 Å². The van der Waals surface area contributed by atoms with Crippen molar-refractivity contribution < 1.29 is 21.6 Å². The Bertz CT molecular complexity index is 807. The second-order valence-corrected chi connectivity index (χ2v) is 6.81. The van der Waals surface area contributed by atoms with Gasteiger partial charge in [0.25, 0.3) is 0 Å². The van der Waals surface area contributed by atoms with Crippen molar-refractivity contribution >= 4 is 27.1 Å². The third-order valence-corrected chi connectivity index (χ3v) is 4.33. The smallest absolute Gasteiger partial charge is 0.353 e. The number of nitrogens with zero attached hydrogens (tertiary/aromatic N) is 2. The van der Waals surface area contributed by atoms with E-state index in [2.05, 4.69) is 10.3 Å². The number of rotatable bonds is 4. The second kappa shape index (κ2) is 6.07. The van der Waals surface area contributed by atoms with Gasteiger partial charge in [-0.05, 0) is 18.2 Å². The Labute approximate surface area is 131 Å². The van der Waals surface area contributed by atoms with E-state index in [4.69, 9.17) is 0 Å². The van der Waals surface area contributed by atoms with Gasteiger partial charge in [-0.25, -0.2) is 8.42 Å². The molecule has 1 aromatic carbocycles. The van der Waals surface area contributed by atoms with Crippen LogP contribution in [0.15, 0.2) is 42.7 Å². The molecule has 0 unspecified atom stereocenters. The summed E-state index contributed by atoms with van der Waals surface area (Å²) in [5, 5.41) is 2.63. The van der Waals surface area contributed by atoms with Crippen molar-refractivity contribution in [2.45, 2.75) is 6.18 Å². The molecule has 0 aliphatic carbocycles. The molecule has 2 aromatic rings. The van der Waals surface area contributed by atoms with Crippen LogP contribution < -0.4 is 9.62 Å². The SMILES string of the molecule is CN(c1ccccc1Nc1ccncc1C(F)(F)F)S(C)(=O)=O. The van der Waals surface area contributed by atoms with Crippen LogP contribution in [0, 0.1) is 0 Å². The van der Waals surface area contributed by atoms with E-state index < -0.39 is 21.8 Å². The minimum atomic E-state index is -4.58. The predicted octanol–water partition coefficient (Wildman–Crippen LogP) is 3.24. The van der Waals surface area contributed by atoms with Crippen LogP contribution >= 0.6 is 0 Å². The number of anilines is 3. The van der Waals surface area contributed by atoms with Crippen LogP contribution in [0.1, 0.15) is 5.56 Å². The zero-order chi connectivity index (χ0) is 17.3. The normalized spacial score (nSPS) is 12.0. The molecule has 0 aliphatic heterocycles. The summed E-state index contributed by atoms with van der Waals surface area (Å²) in [4.78, 5) is 3.48. The van der Waals surface area contributed by atoms with Gasteiger partial charge in [0, 0.05) is 19.4 Å². The molecule has 2 rings (SSSR count). The minimum Gasteiger partial charge on any atom is -0.353 e. The van der Waals surface area contributed by atoms with Gasteiger partial charge < -0.3 is 5.32 Å². The Balaban J connectivity index is 2.48. The highest BCUT2D eigenvalue weighted by Crippen LogP contribution is 2.37. The lowest BCUT2D eigenvalue weighted by atomic mass is 10.2. The number of nitrogens with one attached hydrogen (secondary N) is 1. The first kappa shape index (κ1) is 17.1. The minimum absolute atomic E-state index is 0.207. The Kier molecular flexibility index (Phi) is 4.51. The highest BCUT2D eigenvalue weighted by Gasteiger charge is 2.34. The lowest BCUT2D eigenvalue weighted by Gasteiger charge is -2.22. The maximum absolute atomic E-state index is 13.0. The van der Waals surface area contributed by atoms with E-state index in [9.17, 15) is 21.6 Å². The largest absolute Gasteiger partial charge is 0.419 e. The number of hydrogen-bond acceptors (Lipinski definition) is 4. The van der Waals surface area contributed by atoms with E-state index in [0.717, 1.165) is 10.6 Å². The summed E-state index contributed by atoms with van der Waals surface area (Å²) < 4.78 is 63.4. The van der Waals surface area contributed by atoms with Gasteiger partial charge in [0.1, 0.15) is 0 Å². The molecule has 9 heteroatoms. The quantitative estimate of drug-likeness (QED) is 0.924. The highest BCUT2D eigenvalue weighted by atomic mass is 32.2. The number of pyridine rings is 1. The molecular formula is C14H14F3N3O2S. The number of benzene rings is 1. The van der Waals surface area contributed by atoms with Crippen LogP contribution in [0.4, 0.5) is 30.2 Å². The Morgan fingerprint density at radius 3 is 2.39 bits per heavy atom. The summed E-state index contributed by atoms with van der Waals surface area (Å²) in [5.74, 6) is 0. The molecule has 0 amide bonds. The second-order valence-electron chi connectivity index (χ2n) is 4.79. The molecule has 0 atom stereocenters. The van der Waals surface area contributed by atoms with E-state index in [-0.39, 0.29) is 17.1 Å². The molecule has 0 radical (unpaired) electrons. The number of sulfonamides is 1. The molecule has 0 saturated carbocycles. The third kappa shape index (κ3) is 3.92. The van der Waals surface area contributed by atoms with E-state index in [1.807, 2.05) is 0 Å². The van der Waals surface area contributed by atoms with Gasteiger partial charge in [-0.2, -0.15) is 13.2 Å². The monoisotopic (exact) mass is 345 g/mol. The average Bonchev–Trinajstić information content (AvgIpc) is 2.45. The third-order valence-electron chi connectivity index (χ3n) is 3.14. The first-order chi connectivity index (χ1) is 10.6. The fourth-order valence-corrected chi connectivity index (χ4v) is 2.42. The standard InChI is InChI=1S/C14H14F3N3O2S/c1-20(23(2,21)22)13-6-4-3-5-12(13)19-11-7-8-18-9-10(11)14(15,16)17/h3-9H,1-2H3,(H,18,19). The molecule has 124 valence electrons. The number of aromatic nitrogens is 1. The molecule has 0 bridgehead atoms. The zero-order valence-corrected chi connectivity index (χ0v) is 13.1. The highest BCUT2D eigenvalue weighted by molar-refractivity contribution is 7.92. The van der Waals surface area contributed by atoms with Crippen LogP contribution in [-0.2, 0) is 16.2 Å². The van der Waals surface area contributed by atoms with E-state index in [1.54, 1.807) is 12.1 Å². The van der Waals surface area contributed by atoms with E-state index in [0.29, 0.717) is 6.20 Å². The van der Waals surface area contributed by atoms with Gasteiger partial charge in [-0.1, -0.05) is 12.1 Å². The molecule has 0 saturated heterocycles. The van der Waals surface area contributed by atoms with Gasteiger partial charge >= 0.3 is 6.18 Å². The molecule has 0 aliphatic rings. The zero-order valence-electron chi connectivity index (χ0n) is 12.3. The first-order valence-corrected chi connectivity index (χ1v) is 8.26. The van der Waals surface area contributed by atoms with Crippen LogP contribution in [0.5, 0.6) is 0 Å². The van der Waals surface area contributed by atoms with Gasteiger partial charge in [0.2, 0.25) is 10.0 Å². The summed E-state index contributed by atoms with van der Waals surface area (Å²) in [6.07, 6.45) is -1.63. The fraction of sp³-hybridized carbons (Fsp3) is 0.214. The molecule has 1 heterocycles. The number of hydrogen-bond donors (Lipinski definition) is 1. The van der Waals surface area contributed by atoms with Gasteiger partial charge in [-0.3, -0.25) is 9.29 Å². The Hall–Kier alpha value is -2.29. The number of alkyl halides is 3. The fourth-order valence-electron chi connectivity index (χ4n) is 1.91. The van der Waals surface area contributed by atoms with Crippen LogP contribution in [-0.4, -0.2) is 26.7 Å². The summed E-state index contributed by atoms with van der Waals surface area (Å²) in [6, 6.07) is 7.37. The lowest BCUT2D eigenvalue weighted by Crippen LogP contribution is -2.25. The van der Waals surface area contributed by atoms with Crippen molar-refractivity contribution in [1.29, 1.82) is 0 Å². The van der Waals surface area contributed by atoms with Gasteiger partial charge in [-0.15, -0.1) is 0 Å². The van der Waals surface area contributed by atoms with Crippen LogP contribution in [0.25, 0.3) is 0 Å². The van der Waals surface area contributed by atoms with Gasteiger partial charge in [0.15, 0.2) is 0 Å². The molecule has 23 heavy (non-hydrogen) atoms. The van der Waals surface area contributed by atoms with Crippen molar-refractivity contribution in [3.63, 3.8) is 0 Å². The van der Waals surface area contributed by atoms with Gasteiger partial charge in [0.05, 0.1) is 28.9 Å². The molecular weight excluding hydrogens is 331 g/mol. The first-order valence-electron chi connectivity index (χ1n) is 6.42. The lowest BCUT2D eigenvalue weighted by molar-refractivity contribution is -0.137. The van der Waals surface area contributed by atoms with E-state index in [1.165, 1.54) is 31.4 Å². The summed E-state index contributed by atoms with van der Waals surface area (Å²) >= 11 is 0. The van der Waals surface area contributed by atoms with E-state index >= 15 is 0 Å². The predicted molar refractivity (Wildman–Crippen MR) is 82.2 cm³/mol. The molecule has 0 spiro atoms. The Morgan fingerprint density at radius 2 is 1.78 bits per heavy atom. The summed E-state index contributed by atoms with van der Waals surface area (Å²) in [6.45, 7) is 0. The van der Waals surface area contributed by atoms with Crippen LogP contribution in [0.2, 0.25) is 0 Å².